The van der Waals surface area contributed by atoms with Crippen molar-refractivity contribution in [1.82, 2.24) is 14.3 Å². The molecular weight excluding hydrogens is 471 g/mol. The highest BCUT2D eigenvalue weighted by molar-refractivity contribution is 7.89. The summed E-state index contributed by atoms with van der Waals surface area (Å²) in [5.41, 5.74) is 1.59. The van der Waals surface area contributed by atoms with Gasteiger partial charge in [-0.05, 0) is 54.4 Å². The van der Waals surface area contributed by atoms with Crippen LogP contribution in [0.25, 0.3) is 22.0 Å². The molecule has 1 amide bonds. The number of hydrogen-bond acceptors (Lipinski definition) is 5. The number of amides is 1. The molecule has 0 atom stereocenters. The average molecular weight is 493 g/mol. The van der Waals surface area contributed by atoms with Gasteiger partial charge in [-0.3, -0.25) is 9.59 Å². The summed E-state index contributed by atoms with van der Waals surface area (Å²) in [6.07, 6.45) is 2.97. The van der Waals surface area contributed by atoms with Crippen molar-refractivity contribution in [1.29, 1.82) is 5.26 Å². The predicted octanol–water partition coefficient (Wildman–Crippen LogP) is 3.31. The zero-order valence-electron chi connectivity index (χ0n) is 18.9. The van der Waals surface area contributed by atoms with E-state index >= 15 is 0 Å². The fourth-order valence-corrected chi connectivity index (χ4v) is 4.50. The number of nitriles is 1. The highest BCUT2D eigenvalue weighted by Crippen LogP contribution is 2.35. The number of pyridine rings is 1. The molecule has 0 aliphatic rings. The van der Waals surface area contributed by atoms with E-state index < -0.39 is 27.3 Å². The van der Waals surface area contributed by atoms with Gasteiger partial charge in [0.25, 0.3) is 11.5 Å². The zero-order valence-corrected chi connectivity index (χ0v) is 19.7. The molecule has 0 radical (unpaired) electrons. The minimum atomic E-state index is -3.96. The van der Waals surface area contributed by atoms with Crippen molar-refractivity contribution in [3.05, 3.63) is 93.3 Å². The molecule has 4 aromatic rings. The first-order chi connectivity index (χ1) is 16.6. The number of aryl methyl sites for hydroxylation is 1. The standard InChI is InChI=1S/C25H21FN4O4S/c1-3-15-7-9-21-19(12-15)22(18-5-4-10-28-24(18)31)23(25(32)29-35(2,33)34)30(21)14-17-11-16(13-27)6-8-20(17)26/h4-12H,3,14H2,1-2H3,(H,28,31)(H,29,32). The molecule has 4 rings (SSSR count). The van der Waals surface area contributed by atoms with Crippen molar-refractivity contribution in [3.8, 4) is 17.2 Å². The first-order valence-corrected chi connectivity index (χ1v) is 12.6. The third-order valence-electron chi connectivity index (χ3n) is 5.62. The summed E-state index contributed by atoms with van der Waals surface area (Å²) >= 11 is 0. The number of hydrogen-bond donors (Lipinski definition) is 2. The van der Waals surface area contributed by atoms with Gasteiger partial charge in [-0.1, -0.05) is 13.0 Å². The first-order valence-electron chi connectivity index (χ1n) is 10.7. The monoisotopic (exact) mass is 492 g/mol. The van der Waals surface area contributed by atoms with Gasteiger partial charge in [0.15, 0.2) is 0 Å². The van der Waals surface area contributed by atoms with E-state index in [2.05, 4.69) is 4.98 Å². The number of halogens is 1. The highest BCUT2D eigenvalue weighted by atomic mass is 32.2. The molecule has 8 nitrogen and oxygen atoms in total. The fourth-order valence-electron chi connectivity index (χ4n) is 4.07. The summed E-state index contributed by atoms with van der Waals surface area (Å²) in [6.45, 7) is 1.77. The van der Waals surface area contributed by atoms with Gasteiger partial charge in [-0.15, -0.1) is 0 Å². The molecular formula is C25H21FN4O4S. The molecule has 10 heteroatoms. The number of nitrogens with one attached hydrogen (secondary N) is 2. The fraction of sp³-hybridized carbons (Fsp3) is 0.160. The van der Waals surface area contributed by atoms with Gasteiger partial charge in [-0.25, -0.2) is 17.5 Å². The first kappa shape index (κ1) is 23.9. The number of rotatable bonds is 6. The zero-order chi connectivity index (χ0) is 25.3. The Kier molecular flexibility index (Phi) is 6.28. The number of H-pyrrole nitrogens is 1. The van der Waals surface area contributed by atoms with Crippen LogP contribution in [0.3, 0.4) is 0 Å². The van der Waals surface area contributed by atoms with Crippen LogP contribution in [-0.4, -0.2) is 30.1 Å². The largest absolute Gasteiger partial charge is 0.331 e. The van der Waals surface area contributed by atoms with Crippen LogP contribution in [0.1, 0.15) is 34.1 Å². The van der Waals surface area contributed by atoms with Gasteiger partial charge >= 0.3 is 0 Å². The van der Waals surface area contributed by atoms with Crippen LogP contribution < -0.4 is 10.3 Å². The Balaban J connectivity index is 2.11. The second-order valence-corrected chi connectivity index (χ2v) is 9.80. The van der Waals surface area contributed by atoms with Gasteiger partial charge in [0.05, 0.1) is 24.4 Å². The molecule has 0 fully saturated rings. The van der Waals surface area contributed by atoms with Crippen LogP contribution in [0.4, 0.5) is 4.39 Å². The smallest absolute Gasteiger partial charge is 0.282 e. The maximum absolute atomic E-state index is 14.7. The molecule has 0 saturated carbocycles. The third kappa shape index (κ3) is 4.72. The molecule has 2 aromatic carbocycles. The number of sulfonamides is 1. The van der Waals surface area contributed by atoms with E-state index in [0.717, 1.165) is 17.9 Å². The number of fused-ring (bicyclic) bond motifs is 1. The van der Waals surface area contributed by atoms with Crippen LogP contribution in [0, 0.1) is 17.1 Å². The lowest BCUT2D eigenvalue weighted by Gasteiger charge is -2.13. The number of nitrogens with zero attached hydrogens (tertiary/aromatic N) is 2. The highest BCUT2D eigenvalue weighted by Gasteiger charge is 2.27. The van der Waals surface area contributed by atoms with Crippen molar-refractivity contribution >= 4 is 26.8 Å². The van der Waals surface area contributed by atoms with Crippen molar-refractivity contribution in [2.45, 2.75) is 19.9 Å². The normalized spacial score (nSPS) is 11.4. The minimum Gasteiger partial charge on any atom is -0.331 e. The Hall–Kier alpha value is -4.23. The molecule has 2 aromatic heterocycles. The molecule has 0 bridgehead atoms. The molecule has 0 aliphatic carbocycles. The summed E-state index contributed by atoms with van der Waals surface area (Å²) in [6, 6.07) is 14.4. The lowest BCUT2D eigenvalue weighted by molar-refractivity contribution is 0.0974. The van der Waals surface area contributed by atoms with E-state index in [1.807, 2.05) is 29.8 Å². The molecule has 178 valence electrons. The van der Waals surface area contributed by atoms with E-state index in [1.54, 1.807) is 12.1 Å². The van der Waals surface area contributed by atoms with Crippen molar-refractivity contribution < 1.29 is 17.6 Å². The Morgan fingerprint density at radius 3 is 2.63 bits per heavy atom. The molecule has 0 unspecified atom stereocenters. The van der Waals surface area contributed by atoms with Gasteiger partial charge in [0.2, 0.25) is 10.0 Å². The molecule has 2 heterocycles. The predicted molar refractivity (Wildman–Crippen MR) is 130 cm³/mol. The SMILES string of the molecule is CCc1ccc2c(c1)c(-c1ccc[nH]c1=O)c(C(=O)NS(C)(=O)=O)n2Cc1cc(C#N)ccc1F. The number of benzene rings is 2. The molecule has 35 heavy (non-hydrogen) atoms. The topological polar surface area (TPSA) is 125 Å². The summed E-state index contributed by atoms with van der Waals surface area (Å²) in [7, 11) is -3.96. The Bertz CT molecular complexity index is 1680. The number of carbonyl (C=O) groups excluding carboxylic acids is 1. The molecule has 0 aliphatic heterocycles. The number of carbonyl (C=O) groups is 1. The van der Waals surface area contributed by atoms with Crippen LogP contribution >= 0.6 is 0 Å². The van der Waals surface area contributed by atoms with Gasteiger partial charge < -0.3 is 9.55 Å². The van der Waals surface area contributed by atoms with Crippen LogP contribution in [0.15, 0.2) is 59.5 Å². The molecule has 2 N–H and O–H groups in total. The van der Waals surface area contributed by atoms with E-state index in [9.17, 15) is 27.7 Å². The van der Waals surface area contributed by atoms with Crippen molar-refractivity contribution in [3.63, 3.8) is 0 Å². The Labute approximate surface area is 200 Å². The summed E-state index contributed by atoms with van der Waals surface area (Å²) in [5, 5.41) is 9.79. The van der Waals surface area contributed by atoms with Crippen LogP contribution in [0.2, 0.25) is 0 Å². The summed E-state index contributed by atoms with van der Waals surface area (Å²) in [4.78, 5) is 28.7. The number of aromatic nitrogens is 2. The Morgan fingerprint density at radius 2 is 1.97 bits per heavy atom. The molecule has 0 spiro atoms. The van der Waals surface area contributed by atoms with E-state index in [0.29, 0.717) is 17.3 Å². The summed E-state index contributed by atoms with van der Waals surface area (Å²) in [5.74, 6) is -1.55. The maximum Gasteiger partial charge on any atom is 0.282 e. The quantitative estimate of drug-likeness (QED) is 0.427. The van der Waals surface area contributed by atoms with Crippen molar-refractivity contribution in [2.24, 2.45) is 0 Å². The van der Waals surface area contributed by atoms with Crippen molar-refractivity contribution in [2.75, 3.05) is 6.26 Å². The van der Waals surface area contributed by atoms with Gasteiger partial charge in [-0.2, -0.15) is 5.26 Å². The van der Waals surface area contributed by atoms with Gasteiger partial charge in [0.1, 0.15) is 11.5 Å². The van der Waals surface area contributed by atoms with E-state index in [1.165, 1.54) is 29.0 Å². The average Bonchev–Trinajstić information content (AvgIpc) is 3.13. The minimum absolute atomic E-state index is 0.114. The lowest BCUT2D eigenvalue weighted by atomic mass is 10.0. The second kappa shape index (κ2) is 9.19. The van der Waals surface area contributed by atoms with Gasteiger partial charge in [0, 0.05) is 33.8 Å². The second-order valence-electron chi connectivity index (χ2n) is 8.05. The summed E-state index contributed by atoms with van der Waals surface area (Å²) < 4.78 is 42.1. The lowest BCUT2D eigenvalue weighted by Crippen LogP contribution is -2.32. The van der Waals surface area contributed by atoms with E-state index in [-0.39, 0.29) is 34.5 Å². The maximum atomic E-state index is 14.7. The van der Waals surface area contributed by atoms with Crippen LogP contribution in [-0.2, 0) is 23.0 Å². The molecule has 0 saturated heterocycles. The van der Waals surface area contributed by atoms with Crippen LogP contribution in [0.5, 0.6) is 0 Å². The number of aromatic amines is 1. The van der Waals surface area contributed by atoms with E-state index in [4.69, 9.17) is 0 Å². The third-order valence-corrected chi connectivity index (χ3v) is 6.18. The Morgan fingerprint density at radius 1 is 1.20 bits per heavy atom.